The summed E-state index contributed by atoms with van der Waals surface area (Å²) in [6.07, 6.45) is -0.382. The number of amides is 2. The molecule has 0 bridgehead atoms. The van der Waals surface area contributed by atoms with E-state index in [-0.39, 0.29) is 17.5 Å². The maximum Gasteiger partial charge on any atom is 0.327 e. The second kappa shape index (κ2) is 4.78. The van der Waals surface area contributed by atoms with E-state index in [2.05, 4.69) is 0 Å². The van der Waals surface area contributed by atoms with Gasteiger partial charge < -0.3 is 4.74 Å². The molecule has 20 heavy (non-hydrogen) atoms. The predicted octanol–water partition coefficient (Wildman–Crippen LogP) is 0.623. The Bertz CT molecular complexity index is 647. The summed E-state index contributed by atoms with van der Waals surface area (Å²) in [6.45, 7) is 0. The molecule has 2 rings (SSSR count). The van der Waals surface area contributed by atoms with Gasteiger partial charge in [0.25, 0.3) is 11.8 Å². The number of imide groups is 1. The maximum absolute atomic E-state index is 12.5. The molecule has 2 amide bonds. The predicted molar refractivity (Wildman–Crippen MR) is 67.5 cm³/mol. The van der Waals surface area contributed by atoms with Crippen LogP contribution in [0.15, 0.2) is 24.3 Å². The number of nitrogens with zero attached hydrogens (tertiary/aromatic N) is 2. The molecule has 0 N–H and O–H groups in total. The zero-order chi connectivity index (χ0) is 14.9. The highest BCUT2D eigenvalue weighted by atomic mass is 16.5. The van der Waals surface area contributed by atoms with Gasteiger partial charge in [0, 0.05) is 12.6 Å². The fourth-order valence-electron chi connectivity index (χ4n) is 2.45. The molecule has 102 valence electrons. The van der Waals surface area contributed by atoms with Crippen molar-refractivity contribution in [3.63, 3.8) is 0 Å². The first kappa shape index (κ1) is 13.7. The minimum atomic E-state index is -1.78. The van der Waals surface area contributed by atoms with E-state index >= 15 is 0 Å². The summed E-state index contributed by atoms with van der Waals surface area (Å²) < 4.78 is 4.71. The first-order valence-corrected chi connectivity index (χ1v) is 5.88. The third kappa shape index (κ3) is 1.60. The molecule has 0 radical (unpaired) electrons. The first-order valence-electron chi connectivity index (χ1n) is 5.88. The van der Waals surface area contributed by atoms with E-state index in [1.54, 1.807) is 12.1 Å². The monoisotopic (exact) mass is 272 g/mol. The molecule has 1 aromatic carbocycles. The number of nitriles is 1. The van der Waals surface area contributed by atoms with Crippen molar-refractivity contribution in [1.82, 2.24) is 4.90 Å². The summed E-state index contributed by atoms with van der Waals surface area (Å²) in [4.78, 5) is 37.6. The molecular weight excluding hydrogens is 260 g/mol. The van der Waals surface area contributed by atoms with Gasteiger partial charge in [0.2, 0.25) is 0 Å². The van der Waals surface area contributed by atoms with Crippen molar-refractivity contribution in [2.45, 2.75) is 11.8 Å². The van der Waals surface area contributed by atoms with Crippen molar-refractivity contribution in [3.05, 3.63) is 35.4 Å². The number of rotatable bonds is 2. The van der Waals surface area contributed by atoms with Crippen LogP contribution in [0.1, 0.15) is 22.3 Å². The van der Waals surface area contributed by atoms with E-state index in [4.69, 9.17) is 10.00 Å². The molecule has 1 aromatic rings. The highest BCUT2D eigenvalue weighted by Gasteiger charge is 2.56. The summed E-state index contributed by atoms with van der Waals surface area (Å²) in [5.41, 5.74) is -1.32. The van der Waals surface area contributed by atoms with E-state index in [1.807, 2.05) is 6.07 Å². The lowest BCUT2D eigenvalue weighted by Gasteiger charge is -2.36. The third-order valence-corrected chi connectivity index (χ3v) is 3.47. The Hall–Kier alpha value is -2.68. The Kier molecular flexibility index (Phi) is 3.28. The fourth-order valence-corrected chi connectivity index (χ4v) is 2.45. The lowest BCUT2D eigenvalue weighted by atomic mass is 9.72. The van der Waals surface area contributed by atoms with Crippen LogP contribution in [-0.4, -0.2) is 36.8 Å². The maximum atomic E-state index is 12.5. The van der Waals surface area contributed by atoms with E-state index in [0.29, 0.717) is 0 Å². The minimum absolute atomic E-state index is 0.224. The van der Waals surface area contributed by atoms with Crippen LogP contribution in [-0.2, 0) is 19.7 Å². The fraction of sp³-hybridized carbons (Fsp3) is 0.286. The van der Waals surface area contributed by atoms with Gasteiger partial charge >= 0.3 is 5.97 Å². The summed E-state index contributed by atoms with van der Waals surface area (Å²) in [5.74, 6) is -2.08. The van der Waals surface area contributed by atoms with Gasteiger partial charge in [-0.15, -0.1) is 0 Å². The van der Waals surface area contributed by atoms with Crippen LogP contribution in [0, 0.1) is 11.3 Å². The zero-order valence-corrected chi connectivity index (χ0v) is 11.0. The van der Waals surface area contributed by atoms with Crippen molar-refractivity contribution < 1.29 is 19.1 Å². The van der Waals surface area contributed by atoms with Gasteiger partial charge in [-0.05, 0) is 11.6 Å². The molecule has 1 atom stereocenters. The van der Waals surface area contributed by atoms with Crippen molar-refractivity contribution in [2.75, 3.05) is 14.2 Å². The van der Waals surface area contributed by atoms with Gasteiger partial charge in [-0.25, -0.2) is 0 Å². The van der Waals surface area contributed by atoms with E-state index < -0.39 is 23.2 Å². The largest absolute Gasteiger partial charge is 0.468 e. The van der Waals surface area contributed by atoms with Crippen LogP contribution in [0.2, 0.25) is 0 Å². The van der Waals surface area contributed by atoms with Gasteiger partial charge in [-0.2, -0.15) is 5.26 Å². The molecule has 6 nitrogen and oxygen atoms in total. The average Bonchev–Trinajstić information content (AvgIpc) is 2.48. The molecule has 0 saturated heterocycles. The zero-order valence-electron chi connectivity index (χ0n) is 11.0. The Labute approximate surface area is 115 Å². The van der Waals surface area contributed by atoms with E-state index in [0.717, 1.165) is 12.0 Å². The molecule has 0 fully saturated rings. The van der Waals surface area contributed by atoms with Crippen molar-refractivity contribution in [2.24, 2.45) is 0 Å². The van der Waals surface area contributed by atoms with Crippen molar-refractivity contribution in [3.8, 4) is 6.07 Å². The van der Waals surface area contributed by atoms with E-state index in [9.17, 15) is 14.4 Å². The number of fused-ring (bicyclic) bond motifs is 1. The standard InChI is InChI=1S/C14H12N2O4/c1-16-11(17)9-5-3-4-6-10(9)14(7-8-15,12(16)18)13(19)20-2/h3-6H,7H2,1-2H3. The van der Waals surface area contributed by atoms with Crippen LogP contribution < -0.4 is 0 Å². The van der Waals surface area contributed by atoms with Crippen molar-refractivity contribution >= 4 is 17.8 Å². The highest BCUT2D eigenvalue weighted by Crippen LogP contribution is 2.38. The average molecular weight is 272 g/mol. The van der Waals surface area contributed by atoms with Gasteiger partial charge in [-0.1, -0.05) is 18.2 Å². The van der Waals surface area contributed by atoms with Gasteiger partial charge in [0.1, 0.15) is 0 Å². The SMILES string of the molecule is COC(=O)C1(CC#N)C(=O)N(C)C(=O)c2ccccc21. The molecule has 1 heterocycles. The number of carbonyl (C=O) groups excluding carboxylic acids is 3. The molecule has 1 aliphatic rings. The minimum Gasteiger partial charge on any atom is -0.468 e. The topological polar surface area (TPSA) is 87.5 Å². The van der Waals surface area contributed by atoms with E-state index in [1.165, 1.54) is 19.2 Å². The number of carbonyl (C=O) groups is 3. The molecule has 1 unspecified atom stereocenters. The highest BCUT2D eigenvalue weighted by molar-refractivity contribution is 6.21. The number of benzene rings is 1. The van der Waals surface area contributed by atoms with Crippen LogP contribution in [0.3, 0.4) is 0 Å². The second-order valence-corrected chi connectivity index (χ2v) is 4.45. The van der Waals surface area contributed by atoms with Gasteiger partial charge in [-0.3, -0.25) is 19.3 Å². The normalized spacial score (nSPS) is 21.1. The number of hydrogen-bond donors (Lipinski definition) is 0. The van der Waals surface area contributed by atoms with Crippen molar-refractivity contribution in [1.29, 1.82) is 5.26 Å². The third-order valence-electron chi connectivity index (χ3n) is 3.47. The lowest BCUT2D eigenvalue weighted by Crippen LogP contribution is -2.57. The molecule has 0 aliphatic carbocycles. The molecule has 6 heteroatoms. The Balaban J connectivity index is 2.81. The van der Waals surface area contributed by atoms with Gasteiger partial charge in [0.05, 0.1) is 19.6 Å². The van der Waals surface area contributed by atoms with Crippen LogP contribution in [0.4, 0.5) is 0 Å². The van der Waals surface area contributed by atoms with Gasteiger partial charge in [0.15, 0.2) is 5.41 Å². The molecule has 0 saturated carbocycles. The summed E-state index contributed by atoms with van der Waals surface area (Å²) in [6, 6.07) is 8.11. The lowest BCUT2D eigenvalue weighted by molar-refractivity contribution is -0.155. The number of methoxy groups -OCH3 is 1. The number of hydrogen-bond acceptors (Lipinski definition) is 5. The summed E-state index contributed by atoms with van der Waals surface area (Å²) >= 11 is 0. The molecule has 0 aromatic heterocycles. The Morgan fingerprint density at radius 3 is 2.65 bits per heavy atom. The molecule has 0 spiro atoms. The first-order chi connectivity index (χ1) is 9.50. The quantitative estimate of drug-likeness (QED) is 0.447. The number of likely N-dealkylation sites (N-methyl/N-ethyl adjacent to an activating group) is 1. The Morgan fingerprint density at radius 2 is 2.05 bits per heavy atom. The smallest absolute Gasteiger partial charge is 0.327 e. The summed E-state index contributed by atoms with van der Waals surface area (Å²) in [7, 11) is 2.43. The second-order valence-electron chi connectivity index (χ2n) is 4.45. The van der Waals surface area contributed by atoms with Crippen LogP contribution in [0.25, 0.3) is 0 Å². The number of esters is 1. The van der Waals surface area contributed by atoms with Crippen LogP contribution >= 0.6 is 0 Å². The summed E-state index contributed by atoms with van der Waals surface area (Å²) in [5, 5.41) is 9.01. The Morgan fingerprint density at radius 1 is 1.40 bits per heavy atom. The number of ether oxygens (including phenoxy) is 1. The molecule has 1 aliphatic heterocycles. The van der Waals surface area contributed by atoms with Crippen LogP contribution in [0.5, 0.6) is 0 Å². The molecular formula is C14H12N2O4.